The van der Waals surface area contributed by atoms with Gasteiger partial charge in [-0.3, -0.25) is 0 Å². The Bertz CT molecular complexity index is 317. The maximum absolute atomic E-state index is 5.90. The van der Waals surface area contributed by atoms with E-state index >= 15 is 0 Å². The SMILES string of the molecule is ClCC1CCN(CCCCc2ccccc2)CC1. The molecule has 0 saturated carbocycles. The molecule has 1 saturated heterocycles. The predicted octanol–water partition coefficient (Wildman–Crippen LogP) is 3.96. The third-order valence-electron chi connectivity index (χ3n) is 3.96. The maximum atomic E-state index is 5.90. The molecule has 1 aliphatic rings. The summed E-state index contributed by atoms with van der Waals surface area (Å²) in [6.07, 6.45) is 6.43. The van der Waals surface area contributed by atoms with Crippen LogP contribution in [0, 0.1) is 5.92 Å². The van der Waals surface area contributed by atoms with Gasteiger partial charge in [-0.2, -0.15) is 0 Å². The monoisotopic (exact) mass is 265 g/mol. The van der Waals surface area contributed by atoms with Crippen LogP contribution in [0.25, 0.3) is 0 Å². The molecule has 0 amide bonds. The topological polar surface area (TPSA) is 3.24 Å². The summed E-state index contributed by atoms with van der Waals surface area (Å²) in [6, 6.07) is 10.8. The lowest BCUT2D eigenvalue weighted by molar-refractivity contribution is 0.191. The first-order valence-electron chi connectivity index (χ1n) is 7.20. The summed E-state index contributed by atoms with van der Waals surface area (Å²) in [4.78, 5) is 2.61. The Morgan fingerprint density at radius 3 is 2.44 bits per heavy atom. The third-order valence-corrected chi connectivity index (χ3v) is 4.39. The van der Waals surface area contributed by atoms with Crippen LogP contribution in [-0.2, 0) is 6.42 Å². The smallest absolute Gasteiger partial charge is 0.0252 e. The van der Waals surface area contributed by atoms with E-state index in [-0.39, 0.29) is 0 Å². The summed E-state index contributed by atoms with van der Waals surface area (Å²) < 4.78 is 0. The number of piperidine rings is 1. The zero-order valence-electron chi connectivity index (χ0n) is 11.2. The normalized spacial score (nSPS) is 18.1. The number of aryl methyl sites for hydroxylation is 1. The fraction of sp³-hybridized carbons (Fsp3) is 0.625. The molecule has 0 radical (unpaired) electrons. The van der Waals surface area contributed by atoms with Gasteiger partial charge < -0.3 is 4.90 Å². The molecule has 0 bridgehead atoms. The molecule has 2 rings (SSSR count). The van der Waals surface area contributed by atoms with Gasteiger partial charge in [-0.05, 0) is 63.2 Å². The van der Waals surface area contributed by atoms with E-state index in [0.717, 1.165) is 11.8 Å². The Kier molecular flexibility index (Phi) is 6.02. The molecule has 1 fully saturated rings. The average Bonchev–Trinajstić information content (AvgIpc) is 2.45. The van der Waals surface area contributed by atoms with Crippen LogP contribution < -0.4 is 0 Å². The van der Waals surface area contributed by atoms with Gasteiger partial charge in [0.25, 0.3) is 0 Å². The molecule has 18 heavy (non-hydrogen) atoms. The zero-order valence-corrected chi connectivity index (χ0v) is 11.9. The van der Waals surface area contributed by atoms with Crippen LogP contribution in [0.4, 0.5) is 0 Å². The van der Waals surface area contributed by atoms with E-state index < -0.39 is 0 Å². The highest BCUT2D eigenvalue weighted by atomic mass is 35.5. The third kappa shape index (κ3) is 4.62. The van der Waals surface area contributed by atoms with E-state index in [1.165, 1.54) is 57.3 Å². The molecule has 0 spiro atoms. The van der Waals surface area contributed by atoms with Crippen LogP contribution in [0.1, 0.15) is 31.2 Å². The van der Waals surface area contributed by atoms with Crippen molar-refractivity contribution >= 4 is 11.6 Å². The first-order chi connectivity index (χ1) is 8.88. The Morgan fingerprint density at radius 2 is 1.78 bits per heavy atom. The van der Waals surface area contributed by atoms with E-state index in [1.807, 2.05) is 0 Å². The molecule has 0 N–H and O–H groups in total. The highest BCUT2D eigenvalue weighted by Crippen LogP contribution is 2.18. The fourth-order valence-electron chi connectivity index (χ4n) is 2.67. The molecule has 0 aromatic heterocycles. The van der Waals surface area contributed by atoms with Crippen molar-refractivity contribution in [1.29, 1.82) is 0 Å². The number of hydrogen-bond acceptors (Lipinski definition) is 1. The summed E-state index contributed by atoms with van der Waals surface area (Å²) in [5.41, 5.74) is 1.47. The van der Waals surface area contributed by atoms with Gasteiger partial charge in [0.15, 0.2) is 0 Å². The quantitative estimate of drug-likeness (QED) is 0.556. The molecule has 1 aromatic carbocycles. The van der Waals surface area contributed by atoms with Gasteiger partial charge in [-0.25, -0.2) is 0 Å². The van der Waals surface area contributed by atoms with Crippen molar-refractivity contribution in [1.82, 2.24) is 4.90 Å². The minimum atomic E-state index is 0.771. The highest BCUT2D eigenvalue weighted by Gasteiger charge is 2.17. The highest BCUT2D eigenvalue weighted by molar-refractivity contribution is 6.18. The van der Waals surface area contributed by atoms with Crippen molar-refractivity contribution in [3.8, 4) is 0 Å². The Labute approximate surface area is 116 Å². The molecule has 2 heteroatoms. The standard InChI is InChI=1S/C16H24ClN/c17-14-16-9-12-18(13-10-16)11-5-4-8-15-6-2-1-3-7-15/h1-3,6-7,16H,4-5,8-14H2. The molecule has 1 nitrogen and oxygen atoms in total. The predicted molar refractivity (Wildman–Crippen MR) is 79.3 cm³/mol. The minimum Gasteiger partial charge on any atom is -0.303 e. The molecule has 1 aliphatic heterocycles. The lowest BCUT2D eigenvalue weighted by Gasteiger charge is -2.30. The maximum Gasteiger partial charge on any atom is 0.0252 e. The van der Waals surface area contributed by atoms with Crippen LogP contribution in [0.5, 0.6) is 0 Å². The number of nitrogens with zero attached hydrogens (tertiary/aromatic N) is 1. The summed E-state index contributed by atoms with van der Waals surface area (Å²) >= 11 is 5.90. The van der Waals surface area contributed by atoms with E-state index in [0.29, 0.717) is 0 Å². The van der Waals surface area contributed by atoms with E-state index in [4.69, 9.17) is 11.6 Å². The first-order valence-corrected chi connectivity index (χ1v) is 7.74. The van der Waals surface area contributed by atoms with Crippen molar-refractivity contribution in [3.05, 3.63) is 35.9 Å². The molecular formula is C16H24ClN. The van der Waals surface area contributed by atoms with Crippen molar-refractivity contribution in [2.75, 3.05) is 25.5 Å². The second-order valence-electron chi connectivity index (χ2n) is 5.38. The van der Waals surface area contributed by atoms with Crippen LogP contribution in [0.2, 0.25) is 0 Å². The van der Waals surface area contributed by atoms with Gasteiger partial charge in [0.1, 0.15) is 0 Å². The summed E-state index contributed by atoms with van der Waals surface area (Å²) in [7, 11) is 0. The van der Waals surface area contributed by atoms with Gasteiger partial charge in [0, 0.05) is 5.88 Å². The second-order valence-corrected chi connectivity index (χ2v) is 5.69. The van der Waals surface area contributed by atoms with Crippen LogP contribution in [0.15, 0.2) is 30.3 Å². The van der Waals surface area contributed by atoms with Crippen molar-refractivity contribution < 1.29 is 0 Å². The molecule has 1 aromatic rings. The van der Waals surface area contributed by atoms with Gasteiger partial charge >= 0.3 is 0 Å². The van der Waals surface area contributed by atoms with Gasteiger partial charge in [-0.1, -0.05) is 30.3 Å². The lowest BCUT2D eigenvalue weighted by Crippen LogP contribution is -2.34. The molecular weight excluding hydrogens is 242 g/mol. The number of unbranched alkanes of at least 4 members (excludes halogenated alkanes) is 1. The summed E-state index contributed by atoms with van der Waals surface area (Å²) in [6.45, 7) is 3.77. The summed E-state index contributed by atoms with van der Waals surface area (Å²) in [5, 5.41) is 0. The van der Waals surface area contributed by atoms with Gasteiger partial charge in [0.05, 0.1) is 0 Å². The van der Waals surface area contributed by atoms with E-state index in [9.17, 15) is 0 Å². The number of hydrogen-bond donors (Lipinski definition) is 0. The van der Waals surface area contributed by atoms with Crippen LogP contribution in [0.3, 0.4) is 0 Å². The zero-order chi connectivity index (χ0) is 12.6. The lowest BCUT2D eigenvalue weighted by atomic mass is 9.98. The number of halogens is 1. The van der Waals surface area contributed by atoms with Crippen molar-refractivity contribution in [2.45, 2.75) is 32.1 Å². The first kappa shape index (κ1) is 13.9. The van der Waals surface area contributed by atoms with E-state index in [1.54, 1.807) is 0 Å². The van der Waals surface area contributed by atoms with Crippen LogP contribution >= 0.6 is 11.6 Å². The molecule has 0 unspecified atom stereocenters. The van der Waals surface area contributed by atoms with Gasteiger partial charge in [0.2, 0.25) is 0 Å². The largest absolute Gasteiger partial charge is 0.303 e. The summed E-state index contributed by atoms with van der Waals surface area (Å²) in [5.74, 6) is 1.62. The average molecular weight is 266 g/mol. The number of alkyl halides is 1. The minimum absolute atomic E-state index is 0.771. The molecule has 0 atom stereocenters. The van der Waals surface area contributed by atoms with Gasteiger partial charge in [-0.15, -0.1) is 11.6 Å². The number of rotatable bonds is 6. The fourth-order valence-corrected chi connectivity index (χ4v) is 2.98. The van der Waals surface area contributed by atoms with Crippen molar-refractivity contribution in [2.24, 2.45) is 5.92 Å². The molecule has 100 valence electrons. The number of benzene rings is 1. The Hall–Kier alpha value is -0.530. The van der Waals surface area contributed by atoms with Crippen LogP contribution in [-0.4, -0.2) is 30.4 Å². The second kappa shape index (κ2) is 7.81. The molecule has 1 heterocycles. The Balaban J connectivity index is 1.56. The Morgan fingerprint density at radius 1 is 1.06 bits per heavy atom. The number of likely N-dealkylation sites (tertiary alicyclic amines) is 1. The van der Waals surface area contributed by atoms with Crippen molar-refractivity contribution in [3.63, 3.8) is 0 Å². The van der Waals surface area contributed by atoms with E-state index in [2.05, 4.69) is 35.2 Å². The molecule has 0 aliphatic carbocycles.